The standard InChI is InChI=1S/C9H23N3O3S/c1-9(15-4)8-11-16(13,14)12(3)7-5-6-10-2/h9-11H,5-8H2,1-4H3. The number of nitrogens with one attached hydrogen (secondary N) is 2. The van der Waals surface area contributed by atoms with E-state index in [0.29, 0.717) is 6.54 Å². The molecule has 2 N–H and O–H groups in total. The third-order valence-corrected chi connectivity index (χ3v) is 3.80. The summed E-state index contributed by atoms with van der Waals surface area (Å²) in [5, 5.41) is 2.97. The zero-order valence-electron chi connectivity index (χ0n) is 10.5. The lowest BCUT2D eigenvalue weighted by atomic mass is 10.4. The summed E-state index contributed by atoms with van der Waals surface area (Å²) < 4.78 is 32.1. The number of hydrogen-bond donors (Lipinski definition) is 2. The Bertz CT molecular complexity index is 269. The Balaban J connectivity index is 4.01. The van der Waals surface area contributed by atoms with Crippen LogP contribution in [0.25, 0.3) is 0 Å². The first-order valence-corrected chi connectivity index (χ1v) is 6.76. The fraction of sp³-hybridized carbons (Fsp3) is 1.00. The van der Waals surface area contributed by atoms with E-state index in [1.54, 1.807) is 14.2 Å². The largest absolute Gasteiger partial charge is 0.380 e. The Morgan fingerprint density at radius 2 is 2.06 bits per heavy atom. The fourth-order valence-electron chi connectivity index (χ4n) is 1.01. The molecule has 0 aliphatic carbocycles. The molecule has 98 valence electrons. The summed E-state index contributed by atoms with van der Waals surface area (Å²) in [4.78, 5) is 0. The number of hydrogen-bond acceptors (Lipinski definition) is 4. The molecule has 0 bridgehead atoms. The minimum absolute atomic E-state index is 0.125. The van der Waals surface area contributed by atoms with Gasteiger partial charge in [0.1, 0.15) is 0 Å². The van der Waals surface area contributed by atoms with Crippen LogP contribution in [0.4, 0.5) is 0 Å². The Kier molecular flexibility index (Phi) is 7.86. The molecule has 0 amide bonds. The van der Waals surface area contributed by atoms with Crippen LogP contribution in [-0.4, -0.2) is 59.7 Å². The van der Waals surface area contributed by atoms with E-state index in [1.165, 1.54) is 4.31 Å². The average Bonchev–Trinajstić information content (AvgIpc) is 2.26. The van der Waals surface area contributed by atoms with Gasteiger partial charge in [-0.2, -0.15) is 17.4 Å². The van der Waals surface area contributed by atoms with Gasteiger partial charge in [-0.1, -0.05) is 0 Å². The first-order valence-electron chi connectivity index (χ1n) is 5.32. The summed E-state index contributed by atoms with van der Waals surface area (Å²) in [5.41, 5.74) is 0. The van der Waals surface area contributed by atoms with Gasteiger partial charge in [0.2, 0.25) is 0 Å². The second-order valence-electron chi connectivity index (χ2n) is 3.68. The Morgan fingerprint density at radius 3 is 2.56 bits per heavy atom. The lowest BCUT2D eigenvalue weighted by Crippen LogP contribution is -2.42. The van der Waals surface area contributed by atoms with Gasteiger partial charge in [0.05, 0.1) is 6.10 Å². The van der Waals surface area contributed by atoms with Crippen molar-refractivity contribution in [2.75, 3.05) is 40.8 Å². The first-order chi connectivity index (χ1) is 7.44. The normalized spacial score (nSPS) is 14.3. The van der Waals surface area contributed by atoms with E-state index in [2.05, 4.69) is 10.0 Å². The van der Waals surface area contributed by atoms with Crippen LogP contribution in [0.1, 0.15) is 13.3 Å². The summed E-state index contributed by atoms with van der Waals surface area (Å²) in [6.45, 7) is 3.39. The van der Waals surface area contributed by atoms with Crippen LogP contribution in [0.3, 0.4) is 0 Å². The second kappa shape index (κ2) is 7.97. The smallest absolute Gasteiger partial charge is 0.279 e. The monoisotopic (exact) mass is 253 g/mol. The molecular weight excluding hydrogens is 230 g/mol. The van der Waals surface area contributed by atoms with Crippen molar-refractivity contribution in [2.24, 2.45) is 0 Å². The maximum absolute atomic E-state index is 11.7. The summed E-state index contributed by atoms with van der Waals surface area (Å²) >= 11 is 0. The molecule has 1 atom stereocenters. The minimum Gasteiger partial charge on any atom is -0.380 e. The van der Waals surface area contributed by atoms with Gasteiger partial charge in [0, 0.05) is 27.2 Å². The second-order valence-corrected chi connectivity index (χ2v) is 5.54. The highest BCUT2D eigenvalue weighted by atomic mass is 32.2. The molecule has 0 aromatic carbocycles. The Hall–Kier alpha value is -0.210. The zero-order valence-corrected chi connectivity index (χ0v) is 11.3. The van der Waals surface area contributed by atoms with Crippen molar-refractivity contribution in [2.45, 2.75) is 19.4 Å². The van der Waals surface area contributed by atoms with Crippen molar-refractivity contribution in [1.29, 1.82) is 0 Å². The van der Waals surface area contributed by atoms with E-state index in [0.717, 1.165) is 13.0 Å². The maximum Gasteiger partial charge on any atom is 0.279 e. The van der Waals surface area contributed by atoms with E-state index in [4.69, 9.17) is 4.74 Å². The predicted octanol–water partition coefficient (Wildman–Crippen LogP) is -0.603. The molecule has 0 aromatic heterocycles. The van der Waals surface area contributed by atoms with Crippen molar-refractivity contribution >= 4 is 10.2 Å². The van der Waals surface area contributed by atoms with Gasteiger partial charge in [-0.05, 0) is 26.9 Å². The molecule has 0 spiro atoms. The molecule has 0 rings (SSSR count). The Labute approximate surface area is 98.5 Å². The van der Waals surface area contributed by atoms with Crippen LogP contribution in [0.15, 0.2) is 0 Å². The number of methoxy groups -OCH3 is 1. The van der Waals surface area contributed by atoms with E-state index < -0.39 is 10.2 Å². The average molecular weight is 253 g/mol. The molecule has 16 heavy (non-hydrogen) atoms. The molecule has 0 saturated carbocycles. The van der Waals surface area contributed by atoms with Gasteiger partial charge in [0.15, 0.2) is 0 Å². The lowest BCUT2D eigenvalue weighted by Gasteiger charge is -2.19. The Morgan fingerprint density at radius 1 is 1.44 bits per heavy atom. The van der Waals surface area contributed by atoms with Crippen molar-refractivity contribution in [3.63, 3.8) is 0 Å². The van der Waals surface area contributed by atoms with Gasteiger partial charge in [-0.25, -0.2) is 0 Å². The lowest BCUT2D eigenvalue weighted by molar-refractivity contribution is 0.121. The molecule has 6 nitrogen and oxygen atoms in total. The molecule has 0 aliphatic heterocycles. The van der Waals surface area contributed by atoms with E-state index in [-0.39, 0.29) is 12.6 Å². The fourth-order valence-corrected chi connectivity index (χ4v) is 2.05. The molecule has 0 radical (unpaired) electrons. The molecule has 0 heterocycles. The van der Waals surface area contributed by atoms with Gasteiger partial charge in [-0.3, -0.25) is 0 Å². The molecule has 0 aliphatic rings. The quantitative estimate of drug-likeness (QED) is 0.538. The van der Waals surface area contributed by atoms with Crippen LogP contribution in [0.5, 0.6) is 0 Å². The molecule has 7 heteroatoms. The SMILES string of the molecule is CNCCCN(C)S(=O)(=O)NCC(C)OC. The predicted molar refractivity (Wildman–Crippen MR) is 64.6 cm³/mol. The first kappa shape index (κ1) is 15.8. The zero-order chi connectivity index (χ0) is 12.6. The van der Waals surface area contributed by atoms with Crippen LogP contribution in [0, 0.1) is 0 Å². The molecular formula is C9H23N3O3S. The van der Waals surface area contributed by atoms with Gasteiger partial charge < -0.3 is 10.1 Å². The van der Waals surface area contributed by atoms with Crippen molar-refractivity contribution < 1.29 is 13.2 Å². The highest BCUT2D eigenvalue weighted by molar-refractivity contribution is 7.87. The highest BCUT2D eigenvalue weighted by Gasteiger charge is 2.17. The highest BCUT2D eigenvalue weighted by Crippen LogP contribution is 1.96. The number of ether oxygens (including phenoxy) is 1. The number of rotatable bonds is 9. The van der Waals surface area contributed by atoms with Crippen LogP contribution >= 0.6 is 0 Å². The van der Waals surface area contributed by atoms with E-state index >= 15 is 0 Å². The third kappa shape index (κ3) is 6.39. The van der Waals surface area contributed by atoms with Crippen LogP contribution in [-0.2, 0) is 14.9 Å². The number of nitrogens with zero attached hydrogens (tertiary/aromatic N) is 1. The summed E-state index contributed by atoms with van der Waals surface area (Å²) in [6.07, 6.45) is 0.661. The van der Waals surface area contributed by atoms with Gasteiger partial charge in [0.25, 0.3) is 10.2 Å². The maximum atomic E-state index is 11.7. The van der Waals surface area contributed by atoms with E-state index in [9.17, 15) is 8.42 Å². The van der Waals surface area contributed by atoms with Gasteiger partial charge >= 0.3 is 0 Å². The van der Waals surface area contributed by atoms with Crippen molar-refractivity contribution in [3.05, 3.63) is 0 Å². The molecule has 1 unspecified atom stereocenters. The summed E-state index contributed by atoms with van der Waals surface area (Å²) in [7, 11) is 1.59. The molecule has 0 aromatic rings. The van der Waals surface area contributed by atoms with Crippen molar-refractivity contribution in [3.8, 4) is 0 Å². The van der Waals surface area contributed by atoms with Gasteiger partial charge in [-0.15, -0.1) is 0 Å². The van der Waals surface area contributed by atoms with Crippen LogP contribution in [0.2, 0.25) is 0 Å². The summed E-state index contributed by atoms with van der Waals surface area (Å²) in [5.74, 6) is 0. The third-order valence-electron chi connectivity index (χ3n) is 2.27. The van der Waals surface area contributed by atoms with E-state index in [1.807, 2.05) is 14.0 Å². The van der Waals surface area contributed by atoms with Crippen molar-refractivity contribution in [1.82, 2.24) is 14.3 Å². The molecule has 0 fully saturated rings. The minimum atomic E-state index is -3.37. The topological polar surface area (TPSA) is 70.7 Å². The van der Waals surface area contributed by atoms with Crippen LogP contribution < -0.4 is 10.0 Å². The summed E-state index contributed by atoms with van der Waals surface area (Å²) in [6, 6.07) is 0. The molecule has 0 saturated heterocycles.